The number of nitrogens with zero attached hydrogens (tertiary/aromatic N) is 2. The van der Waals surface area contributed by atoms with Crippen molar-refractivity contribution in [3.8, 4) is 0 Å². The lowest BCUT2D eigenvalue weighted by Gasteiger charge is -2.32. The Hall–Kier alpha value is -2.28. The standard InChI is InChI=1S/C49H96N4O8/c1-7-9-11-13-15-17-19-21-23-25-27-33-47(56)60-49(43-58-45(54)35-39-50-37-29-31-41-52(3)4,44-59-46(55)36-40-51-38-30-32-42-53(5)6)61-48(57)34-28-26-24-22-20-18-16-14-12-10-8-2/h50-51H,7-44H2,1-6H3. The van der Waals surface area contributed by atoms with Gasteiger partial charge in [0.15, 0.2) is 13.2 Å². The van der Waals surface area contributed by atoms with E-state index in [-0.39, 0.29) is 25.7 Å². The minimum atomic E-state index is -2.08. The second kappa shape index (κ2) is 43.0. The Bertz CT molecular complexity index is 964. The number of unbranched alkanes of at least 4 members (excludes halogenated alkanes) is 22. The summed E-state index contributed by atoms with van der Waals surface area (Å²) in [6.45, 7) is 7.75. The highest BCUT2D eigenvalue weighted by molar-refractivity contribution is 5.73. The fraction of sp³-hybridized carbons (Fsp3) is 0.918. The van der Waals surface area contributed by atoms with E-state index in [4.69, 9.17) is 18.9 Å². The van der Waals surface area contributed by atoms with Crippen molar-refractivity contribution >= 4 is 23.9 Å². The molecule has 0 unspecified atom stereocenters. The van der Waals surface area contributed by atoms with E-state index < -0.39 is 42.9 Å². The van der Waals surface area contributed by atoms with Gasteiger partial charge < -0.3 is 39.4 Å². The second-order valence-electron chi connectivity index (χ2n) is 17.8. The number of carbonyl (C=O) groups excluding carboxylic acids is 4. The van der Waals surface area contributed by atoms with E-state index in [1.165, 1.54) is 89.9 Å². The molecule has 0 aliphatic carbocycles. The molecule has 0 bridgehead atoms. The van der Waals surface area contributed by atoms with Crippen molar-refractivity contribution in [2.45, 2.75) is 212 Å². The number of ether oxygens (including phenoxy) is 4. The average molecular weight is 869 g/mol. The molecule has 2 N–H and O–H groups in total. The Morgan fingerprint density at radius 2 is 0.689 bits per heavy atom. The third-order valence-electron chi connectivity index (χ3n) is 10.9. The smallest absolute Gasteiger partial charge is 0.325 e. The second-order valence-corrected chi connectivity index (χ2v) is 17.8. The van der Waals surface area contributed by atoms with Crippen LogP contribution in [-0.2, 0) is 38.1 Å². The molecule has 0 spiro atoms. The van der Waals surface area contributed by atoms with Gasteiger partial charge in [-0.15, -0.1) is 0 Å². The zero-order valence-electron chi connectivity index (χ0n) is 40.5. The van der Waals surface area contributed by atoms with E-state index >= 15 is 0 Å². The topological polar surface area (TPSA) is 136 Å². The van der Waals surface area contributed by atoms with Gasteiger partial charge in [-0.05, 0) is 92.9 Å². The van der Waals surface area contributed by atoms with E-state index in [1.54, 1.807) is 0 Å². The SMILES string of the molecule is CCCCCCCCCCCCCC(=O)OC(COC(=O)CCNCCCCN(C)C)(COC(=O)CCNCCCCN(C)C)OC(=O)CCCCCCCCCCCCC. The molecule has 0 radical (unpaired) electrons. The monoisotopic (exact) mass is 869 g/mol. The van der Waals surface area contributed by atoms with Gasteiger partial charge in [-0.1, -0.05) is 142 Å². The first-order valence-corrected chi connectivity index (χ1v) is 25.0. The molecule has 360 valence electrons. The van der Waals surface area contributed by atoms with Crippen molar-refractivity contribution in [2.75, 3.05) is 80.7 Å². The molecule has 12 heteroatoms. The predicted octanol–water partition coefficient (Wildman–Crippen LogP) is 9.90. The lowest BCUT2D eigenvalue weighted by Crippen LogP contribution is -2.49. The summed E-state index contributed by atoms with van der Waals surface area (Å²) in [5.41, 5.74) is 0. The van der Waals surface area contributed by atoms with Crippen LogP contribution in [0.4, 0.5) is 0 Å². The zero-order chi connectivity index (χ0) is 45.1. The van der Waals surface area contributed by atoms with Crippen LogP contribution in [0.2, 0.25) is 0 Å². The molecule has 0 rings (SSSR count). The van der Waals surface area contributed by atoms with Crippen LogP contribution in [0, 0.1) is 0 Å². The first kappa shape index (κ1) is 58.7. The highest BCUT2D eigenvalue weighted by Gasteiger charge is 2.42. The maximum atomic E-state index is 13.4. The first-order chi connectivity index (χ1) is 29.5. The zero-order valence-corrected chi connectivity index (χ0v) is 40.5. The molecular formula is C49H96N4O8. The number of hydrogen-bond acceptors (Lipinski definition) is 12. The van der Waals surface area contributed by atoms with Gasteiger partial charge >= 0.3 is 29.7 Å². The third kappa shape index (κ3) is 41.5. The molecule has 0 aliphatic heterocycles. The van der Waals surface area contributed by atoms with Crippen molar-refractivity contribution in [1.29, 1.82) is 0 Å². The van der Waals surface area contributed by atoms with Gasteiger partial charge in [0.25, 0.3) is 0 Å². The largest absolute Gasteiger partial charge is 0.457 e. The van der Waals surface area contributed by atoms with E-state index in [1.807, 2.05) is 28.2 Å². The quantitative estimate of drug-likeness (QED) is 0.0261. The fourth-order valence-electron chi connectivity index (χ4n) is 7.08. The molecular weight excluding hydrogens is 773 g/mol. The number of carbonyl (C=O) groups is 4. The van der Waals surface area contributed by atoms with Gasteiger partial charge in [0, 0.05) is 25.9 Å². The average Bonchev–Trinajstić information content (AvgIpc) is 3.22. The number of rotatable bonds is 46. The minimum absolute atomic E-state index is 0.0864. The molecule has 0 aromatic rings. The maximum Gasteiger partial charge on any atom is 0.325 e. The predicted molar refractivity (Wildman–Crippen MR) is 250 cm³/mol. The van der Waals surface area contributed by atoms with E-state index in [2.05, 4.69) is 34.3 Å². The van der Waals surface area contributed by atoms with Crippen molar-refractivity contribution < 1.29 is 38.1 Å². The van der Waals surface area contributed by atoms with Crippen LogP contribution < -0.4 is 10.6 Å². The summed E-state index contributed by atoms with van der Waals surface area (Å²) in [5, 5.41) is 6.55. The third-order valence-corrected chi connectivity index (χ3v) is 10.9. The lowest BCUT2D eigenvalue weighted by molar-refractivity contribution is -0.259. The molecule has 0 saturated carbocycles. The summed E-state index contributed by atoms with van der Waals surface area (Å²) < 4.78 is 23.1. The Kier molecular flexibility index (Phi) is 41.4. The summed E-state index contributed by atoms with van der Waals surface area (Å²) in [6, 6.07) is 0. The molecule has 0 aliphatic rings. The van der Waals surface area contributed by atoms with Crippen LogP contribution in [0.5, 0.6) is 0 Å². The van der Waals surface area contributed by atoms with Crippen LogP contribution in [0.25, 0.3) is 0 Å². The van der Waals surface area contributed by atoms with E-state index in [0.29, 0.717) is 25.9 Å². The van der Waals surface area contributed by atoms with Crippen LogP contribution in [0.1, 0.15) is 206 Å². The van der Waals surface area contributed by atoms with Crippen LogP contribution in [-0.4, -0.2) is 120 Å². The number of esters is 4. The molecule has 0 aromatic carbocycles. The molecule has 0 amide bonds. The molecule has 0 saturated heterocycles. The molecule has 0 fully saturated rings. The highest BCUT2D eigenvalue weighted by Crippen LogP contribution is 2.22. The van der Waals surface area contributed by atoms with Gasteiger partial charge in [0.05, 0.1) is 12.8 Å². The summed E-state index contributed by atoms with van der Waals surface area (Å²) in [4.78, 5) is 57.0. The van der Waals surface area contributed by atoms with Crippen molar-refractivity contribution in [2.24, 2.45) is 0 Å². The van der Waals surface area contributed by atoms with Gasteiger partial charge in [0.2, 0.25) is 0 Å². The molecule has 0 atom stereocenters. The van der Waals surface area contributed by atoms with Crippen molar-refractivity contribution in [3.63, 3.8) is 0 Å². The fourth-order valence-corrected chi connectivity index (χ4v) is 7.08. The number of hydrogen-bond donors (Lipinski definition) is 2. The van der Waals surface area contributed by atoms with Gasteiger partial charge in [-0.25, -0.2) is 0 Å². The molecule has 61 heavy (non-hydrogen) atoms. The highest BCUT2D eigenvalue weighted by atomic mass is 16.8. The van der Waals surface area contributed by atoms with Crippen LogP contribution in [0.15, 0.2) is 0 Å². The van der Waals surface area contributed by atoms with Crippen LogP contribution >= 0.6 is 0 Å². The number of nitrogens with one attached hydrogen (secondary N) is 2. The Morgan fingerprint density at radius 1 is 0.377 bits per heavy atom. The molecule has 0 aromatic heterocycles. The Balaban J connectivity index is 5.49. The summed E-state index contributed by atoms with van der Waals surface area (Å²) in [5.74, 6) is -4.29. The van der Waals surface area contributed by atoms with Crippen LogP contribution in [0.3, 0.4) is 0 Å². The normalized spacial score (nSPS) is 11.7. The maximum absolute atomic E-state index is 13.4. The molecule has 12 nitrogen and oxygen atoms in total. The summed E-state index contributed by atoms with van der Waals surface area (Å²) in [7, 11) is 8.18. The molecule has 0 heterocycles. The minimum Gasteiger partial charge on any atom is -0.457 e. The first-order valence-electron chi connectivity index (χ1n) is 25.0. The van der Waals surface area contributed by atoms with Gasteiger partial charge in [-0.3, -0.25) is 19.2 Å². The lowest BCUT2D eigenvalue weighted by atomic mass is 10.1. The summed E-state index contributed by atoms with van der Waals surface area (Å²) >= 11 is 0. The van der Waals surface area contributed by atoms with Gasteiger partial charge in [-0.2, -0.15) is 0 Å². The van der Waals surface area contributed by atoms with Crippen molar-refractivity contribution in [1.82, 2.24) is 20.4 Å². The van der Waals surface area contributed by atoms with Gasteiger partial charge in [0.1, 0.15) is 0 Å². The van der Waals surface area contributed by atoms with Crippen molar-refractivity contribution in [3.05, 3.63) is 0 Å². The van der Waals surface area contributed by atoms with E-state index in [9.17, 15) is 19.2 Å². The Morgan fingerprint density at radius 3 is 1.00 bits per heavy atom. The van der Waals surface area contributed by atoms with E-state index in [0.717, 1.165) is 90.4 Å². The Labute approximate surface area is 374 Å². The summed E-state index contributed by atoms with van der Waals surface area (Å²) in [6.07, 6.45) is 29.6.